The van der Waals surface area contributed by atoms with Crippen molar-refractivity contribution in [3.05, 3.63) is 29.3 Å². The number of hydrogen-bond acceptors (Lipinski definition) is 3. The van der Waals surface area contributed by atoms with Crippen LogP contribution in [0, 0.1) is 13.8 Å². The number of likely N-dealkylation sites (N-methyl/N-ethyl adjacent to an activating group) is 1. The van der Waals surface area contributed by atoms with Crippen LogP contribution in [0.15, 0.2) is 18.2 Å². The summed E-state index contributed by atoms with van der Waals surface area (Å²) in [6.07, 6.45) is -2.79. The quantitative estimate of drug-likeness (QED) is 0.811. The van der Waals surface area contributed by atoms with E-state index in [-0.39, 0.29) is 12.6 Å². The molecule has 0 saturated carbocycles. The van der Waals surface area contributed by atoms with Crippen LogP contribution in [-0.4, -0.2) is 61.2 Å². The van der Waals surface area contributed by atoms with E-state index in [1.54, 1.807) is 0 Å². The van der Waals surface area contributed by atoms with Gasteiger partial charge < -0.3 is 9.64 Å². The van der Waals surface area contributed by atoms with Gasteiger partial charge in [0.1, 0.15) is 18.4 Å². The number of hydrogen-bond donors (Lipinski definition) is 0. The average Bonchev–Trinajstić information content (AvgIpc) is 2.51. The first-order valence-electron chi connectivity index (χ1n) is 8.41. The fraction of sp³-hybridized carbons (Fsp3) is 0.611. The highest BCUT2D eigenvalue weighted by Gasteiger charge is 2.32. The Kier molecular flexibility index (Phi) is 6.32. The van der Waals surface area contributed by atoms with Crippen LogP contribution in [-0.2, 0) is 4.79 Å². The second-order valence-electron chi connectivity index (χ2n) is 6.68. The van der Waals surface area contributed by atoms with Gasteiger partial charge in [0.05, 0.1) is 6.54 Å². The number of amides is 1. The molecule has 0 radical (unpaired) electrons. The molecule has 1 aromatic carbocycles. The summed E-state index contributed by atoms with van der Waals surface area (Å²) in [7, 11) is 1.19. The first-order valence-corrected chi connectivity index (χ1v) is 8.41. The minimum Gasteiger partial charge on any atom is -0.490 e. The SMILES string of the molecule is Cc1cccc(C)c1OC1CCN(CC(=O)N(C)CC(F)(F)F)CC1. The Morgan fingerprint density at radius 3 is 2.32 bits per heavy atom. The molecule has 0 unspecified atom stereocenters. The summed E-state index contributed by atoms with van der Waals surface area (Å²) in [6.45, 7) is 4.10. The Morgan fingerprint density at radius 1 is 1.24 bits per heavy atom. The van der Waals surface area contributed by atoms with Gasteiger partial charge in [-0.1, -0.05) is 18.2 Å². The van der Waals surface area contributed by atoms with Gasteiger partial charge >= 0.3 is 6.18 Å². The van der Waals surface area contributed by atoms with Crippen molar-refractivity contribution in [1.82, 2.24) is 9.80 Å². The van der Waals surface area contributed by atoms with Crippen molar-refractivity contribution in [3.8, 4) is 5.75 Å². The summed E-state index contributed by atoms with van der Waals surface area (Å²) >= 11 is 0. The third-order valence-corrected chi connectivity index (χ3v) is 4.43. The standard InChI is InChI=1S/C18H25F3N2O2/c1-13-5-4-6-14(2)17(13)25-15-7-9-23(10-8-15)11-16(24)22(3)12-18(19,20)21/h4-6,15H,7-12H2,1-3H3. The highest BCUT2D eigenvalue weighted by molar-refractivity contribution is 5.78. The first-order chi connectivity index (χ1) is 11.7. The monoisotopic (exact) mass is 358 g/mol. The minimum absolute atomic E-state index is 0.0166. The molecule has 25 heavy (non-hydrogen) atoms. The molecule has 0 N–H and O–H groups in total. The number of carbonyl (C=O) groups excluding carboxylic acids is 1. The van der Waals surface area contributed by atoms with Gasteiger partial charge in [0.15, 0.2) is 0 Å². The lowest BCUT2D eigenvalue weighted by Crippen LogP contribution is -2.46. The smallest absolute Gasteiger partial charge is 0.406 e. The number of carbonyl (C=O) groups is 1. The number of likely N-dealkylation sites (tertiary alicyclic amines) is 1. The molecule has 1 amide bonds. The molecule has 2 rings (SSSR count). The molecule has 0 atom stereocenters. The van der Waals surface area contributed by atoms with Gasteiger partial charge in [0, 0.05) is 20.1 Å². The fourth-order valence-corrected chi connectivity index (χ4v) is 3.01. The summed E-state index contributed by atoms with van der Waals surface area (Å²) in [5, 5.41) is 0. The summed E-state index contributed by atoms with van der Waals surface area (Å²) in [4.78, 5) is 14.5. The molecule has 0 bridgehead atoms. The largest absolute Gasteiger partial charge is 0.490 e. The van der Waals surface area contributed by atoms with E-state index in [0.717, 1.165) is 34.6 Å². The molecule has 0 spiro atoms. The third kappa shape index (κ3) is 5.92. The zero-order valence-corrected chi connectivity index (χ0v) is 14.9. The maximum atomic E-state index is 12.3. The van der Waals surface area contributed by atoms with Gasteiger partial charge in [0.2, 0.25) is 5.91 Å². The van der Waals surface area contributed by atoms with Gasteiger partial charge in [-0.3, -0.25) is 9.69 Å². The van der Waals surface area contributed by atoms with E-state index < -0.39 is 18.6 Å². The molecule has 1 fully saturated rings. The molecule has 1 aliphatic rings. The molecule has 0 aliphatic carbocycles. The summed E-state index contributed by atoms with van der Waals surface area (Å²) in [5.74, 6) is 0.397. The molecule has 1 heterocycles. The van der Waals surface area contributed by atoms with E-state index in [1.807, 2.05) is 36.9 Å². The molecule has 1 aromatic rings. The lowest BCUT2D eigenvalue weighted by molar-refractivity contribution is -0.159. The molecule has 140 valence electrons. The molecule has 7 heteroatoms. The van der Waals surface area contributed by atoms with Crippen LogP contribution < -0.4 is 4.74 Å². The van der Waals surface area contributed by atoms with Crippen LogP contribution in [0.3, 0.4) is 0 Å². The van der Waals surface area contributed by atoms with Crippen LogP contribution in [0.1, 0.15) is 24.0 Å². The van der Waals surface area contributed by atoms with Crippen LogP contribution in [0.4, 0.5) is 13.2 Å². The second-order valence-corrected chi connectivity index (χ2v) is 6.68. The van der Waals surface area contributed by atoms with E-state index in [4.69, 9.17) is 4.74 Å². The maximum absolute atomic E-state index is 12.3. The number of halogens is 3. The van der Waals surface area contributed by atoms with Gasteiger partial charge in [-0.15, -0.1) is 0 Å². The number of alkyl halides is 3. The van der Waals surface area contributed by atoms with Crippen molar-refractivity contribution < 1.29 is 22.7 Å². The highest BCUT2D eigenvalue weighted by Crippen LogP contribution is 2.26. The number of aryl methyl sites for hydroxylation is 2. The normalized spacial score (nSPS) is 16.7. The average molecular weight is 358 g/mol. The van der Waals surface area contributed by atoms with Crippen molar-refractivity contribution in [2.24, 2.45) is 0 Å². The Balaban J connectivity index is 1.81. The minimum atomic E-state index is -4.36. The number of piperidine rings is 1. The zero-order valence-electron chi connectivity index (χ0n) is 14.9. The zero-order chi connectivity index (χ0) is 18.6. The molecule has 4 nitrogen and oxygen atoms in total. The van der Waals surface area contributed by atoms with Gasteiger partial charge in [-0.2, -0.15) is 13.2 Å². The van der Waals surface area contributed by atoms with E-state index in [9.17, 15) is 18.0 Å². The predicted octanol–water partition coefficient (Wildman–Crippen LogP) is 3.17. The van der Waals surface area contributed by atoms with Crippen molar-refractivity contribution in [3.63, 3.8) is 0 Å². The van der Waals surface area contributed by atoms with Crippen LogP contribution in [0.25, 0.3) is 0 Å². The summed E-state index contributed by atoms with van der Waals surface area (Å²) in [6, 6.07) is 6.00. The van der Waals surface area contributed by atoms with Gasteiger partial charge in [-0.25, -0.2) is 0 Å². The first kappa shape index (κ1) is 19.6. The lowest BCUT2D eigenvalue weighted by atomic mass is 10.1. The van der Waals surface area contributed by atoms with E-state index in [1.165, 1.54) is 7.05 Å². The summed E-state index contributed by atoms with van der Waals surface area (Å²) < 4.78 is 43.1. The fourth-order valence-electron chi connectivity index (χ4n) is 3.01. The molecule has 0 aromatic heterocycles. The van der Waals surface area contributed by atoms with Gasteiger partial charge in [0.25, 0.3) is 0 Å². The van der Waals surface area contributed by atoms with Crippen molar-refractivity contribution in [2.45, 2.75) is 39.0 Å². The van der Waals surface area contributed by atoms with Crippen LogP contribution in [0.5, 0.6) is 5.75 Å². The number of para-hydroxylation sites is 1. The lowest BCUT2D eigenvalue weighted by Gasteiger charge is -2.33. The Labute approximate surface area is 146 Å². The van der Waals surface area contributed by atoms with E-state index in [2.05, 4.69) is 0 Å². The Bertz CT molecular complexity index is 576. The topological polar surface area (TPSA) is 32.8 Å². The molecule has 1 aliphatic heterocycles. The van der Waals surface area contributed by atoms with E-state index >= 15 is 0 Å². The third-order valence-electron chi connectivity index (χ3n) is 4.43. The molecular formula is C18H25F3N2O2. The van der Waals surface area contributed by atoms with E-state index in [0.29, 0.717) is 13.1 Å². The van der Waals surface area contributed by atoms with Crippen LogP contribution in [0.2, 0.25) is 0 Å². The predicted molar refractivity (Wildman–Crippen MR) is 89.7 cm³/mol. The van der Waals surface area contributed by atoms with Crippen molar-refractivity contribution >= 4 is 5.91 Å². The Hall–Kier alpha value is -1.76. The van der Waals surface area contributed by atoms with Crippen molar-refractivity contribution in [1.29, 1.82) is 0 Å². The summed E-state index contributed by atoms with van der Waals surface area (Å²) in [5.41, 5.74) is 2.18. The number of benzene rings is 1. The highest BCUT2D eigenvalue weighted by atomic mass is 19.4. The van der Waals surface area contributed by atoms with Gasteiger partial charge in [-0.05, 0) is 37.8 Å². The number of ether oxygens (including phenoxy) is 1. The maximum Gasteiger partial charge on any atom is 0.406 e. The van der Waals surface area contributed by atoms with Crippen molar-refractivity contribution in [2.75, 3.05) is 33.2 Å². The molecule has 1 saturated heterocycles. The number of rotatable bonds is 5. The second kappa shape index (κ2) is 8.08. The van der Waals surface area contributed by atoms with Crippen LogP contribution >= 0.6 is 0 Å². The number of nitrogens with zero attached hydrogens (tertiary/aromatic N) is 2. The molecular weight excluding hydrogens is 333 g/mol. The Morgan fingerprint density at radius 2 is 1.80 bits per heavy atom.